The molecule has 0 spiro atoms. The molecule has 2 N–H and O–H groups in total. The third-order valence-corrected chi connectivity index (χ3v) is 4.28. The van der Waals surface area contributed by atoms with E-state index in [1.165, 1.54) is 11.3 Å². The smallest absolute Gasteiger partial charge is 0.315 e. The number of thiazole rings is 1. The number of carbonyl (C=O) groups is 2. The molecule has 0 atom stereocenters. The van der Waals surface area contributed by atoms with Crippen molar-refractivity contribution in [1.82, 2.24) is 15.2 Å². The second-order valence-electron chi connectivity index (χ2n) is 4.72. The third kappa shape index (κ3) is 4.25. The highest BCUT2D eigenvalue weighted by Crippen LogP contribution is 2.25. The van der Waals surface area contributed by atoms with E-state index in [0.717, 1.165) is 29.9 Å². The Morgan fingerprint density at radius 3 is 2.59 bits per heavy atom. The normalized spacial score (nSPS) is 10.9. The fourth-order valence-corrected chi connectivity index (χ4v) is 2.89. The van der Waals surface area contributed by atoms with E-state index < -0.39 is 11.8 Å². The van der Waals surface area contributed by atoms with Crippen LogP contribution in [0.3, 0.4) is 0 Å². The van der Waals surface area contributed by atoms with Gasteiger partial charge in [0, 0.05) is 13.1 Å². The van der Waals surface area contributed by atoms with Gasteiger partial charge in [-0.25, -0.2) is 4.98 Å². The molecule has 0 unspecified atom stereocenters. The molecule has 1 heterocycles. The van der Waals surface area contributed by atoms with Gasteiger partial charge >= 0.3 is 11.8 Å². The minimum absolute atomic E-state index is 0.435. The minimum Gasteiger partial charge on any atom is -0.347 e. The molecule has 2 amide bonds. The van der Waals surface area contributed by atoms with E-state index in [2.05, 4.69) is 34.4 Å². The van der Waals surface area contributed by atoms with Crippen molar-refractivity contribution in [2.24, 2.45) is 0 Å². The highest BCUT2D eigenvalue weighted by Gasteiger charge is 2.15. The molecule has 0 saturated heterocycles. The van der Waals surface area contributed by atoms with Crippen LogP contribution in [0.25, 0.3) is 10.2 Å². The summed E-state index contributed by atoms with van der Waals surface area (Å²) in [6, 6.07) is 7.58. The van der Waals surface area contributed by atoms with Crippen molar-refractivity contribution in [1.29, 1.82) is 0 Å². The maximum atomic E-state index is 11.8. The summed E-state index contributed by atoms with van der Waals surface area (Å²) in [5.41, 5.74) is 0.810. The Morgan fingerprint density at radius 2 is 1.91 bits per heavy atom. The van der Waals surface area contributed by atoms with Crippen LogP contribution in [-0.2, 0) is 9.59 Å². The summed E-state index contributed by atoms with van der Waals surface area (Å²) in [7, 11) is 0. The first kappa shape index (κ1) is 16.4. The number of carbonyl (C=O) groups excluding carboxylic acids is 2. The number of amides is 2. The molecule has 6 nitrogen and oxygen atoms in total. The average molecular weight is 320 g/mol. The second kappa shape index (κ2) is 7.86. The lowest BCUT2D eigenvalue weighted by Crippen LogP contribution is -2.40. The van der Waals surface area contributed by atoms with E-state index in [1.54, 1.807) is 0 Å². The summed E-state index contributed by atoms with van der Waals surface area (Å²) >= 11 is 1.35. The Hall–Kier alpha value is -1.99. The summed E-state index contributed by atoms with van der Waals surface area (Å²) in [6.07, 6.45) is 0. The van der Waals surface area contributed by atoms with Crippen LogP contribution < -0.4 is 10.6 Å². The Labute approximate surface area is 133 Å². The molecule has 0 aliphatic heterocycles. The summed E-state index contributed by atoms with van der Waals surface area (Å²) in [5.74, 6) is -1.31. The van der Waals surface area contributed by atoms with Gasteiger partial charge in [0.05, 0.1) is 10.2 Å². The number of para-hydroxylation sites is 1. The van der Waals surface area contributed by atoms with Crippen LogP contribution in [0.5, 0.6) is 0 Å². The van der Waals surface area contributed by atoms with Crippen molar-refractivity contribution in [3.8, 4) is 0 Å². The summed E-state index contributed by atoms with van der Waals surface area (Å²) in [5, 5.41) is 5.60. The van der Waals surface area contributed by atoms with Crippen LogP contribution in [0.1, 0.15) is 13.8 Å². The molecular weight excluding hydrogens is 300 g/mol. The molecule has 7 heteroatoms. The van der Waals surface area contributed by atoms with Gasteiger partial charge in [0.2, 0.25) is 0 Å². The molecule has 2 rings (SSSR count). The zero-order valence-corrected chi connectivity index (χ0v) is 13.6. The van der Waals surface area contributed by atoms with E-state index in [1.807, 2.05) is 24.3 Å². The fourth-order valence-electron chi connectivity index (χ4n) is 2.03. The van der Waals surface area contributed by atoms with Gasteiger partial charge in [-0.05, 0) is 25.2 Å². The van der Waals surface area contributed by atoms with Gasteiger partial charge in [-0.3, -0.25) is 14.9 Å². The zero-order valence-electron chi connectivity index (χ0n) is 12.8. The minimum atomic E-state index is -0.682. The van der Waals surface area contributed by atoms with Crippen LogP contribution in [-0.4, -0.2) is 47.9 Å². The number of anilines is 1. The van der Waals surface area contributed by atoms with Gasteiger partial charge in [0.15, 0.2) is 5.13 Å². The number of hydrogen-bond donors (Lipinski definition) is 2. The first-order chi connectivity index (χ1) is 10.6. The highest BCUT2D eigenvalue weighted by atomic mass is 32.1. The third-order valence-electron chi connectivity index (χ3n) is 3.33. The molecule has 0 aliphatic carbocycles. The largest absolute Gasteiger partial charge is 0.347 e. The van der Waals surface area contributed by atoms with Gasteiger partial charge < -0.3 is 10.2 Å². The van der Waals surface area contributed by atoms with E-state index in [0.29, 0.717) is 11.7 Å². The molecule has 2 aromatic rings. The summed E-state index contributed by atoms with van der Waals surface area (Å²) < 4.78 is 0.972. The maximum Gasteiger partial charge on any atom is 0.315 e. The first-order valence-corrected chi connectivity index (χ1v) is 8.12. The van der Waals surface area contributed by atoms with Crippen LogP contribution in [0.15, 0.2) is 24.3 Å². The molecule has 0 bridgehead atoms. The van der Waals surface area contributed by atoms with E-state index in [9.17, 15) is 9.59 Å². The monoisotopic (exact) mass is 320 g/mol. The molecule has 22 heavy (non-hydrogen) atoms. The molecule has 0 radical (unpaired) electrons. The Kier molecular flexibility index (Phi) is 5.85. The first-order valence-electron chi connectivity index (χ1n) is 7.31. The Bertz CT molecular complexity index is 619. The second-order valence-corrected chi connectivity index (χ2v) is 5.75. The maximum absolute atomic E-state index is 11.8. The predicted octanol–water partition coefficient (Wildman–Crippen LogP) is 1.69. The Morgan fingerprint density at radius 1 is 1.18 bits per heavy atom. The standard InChI is InChI=1S/C15H20N4O2S/c1-3-19(4-2)10-9-16-13(20)14(21)18-15-17-11-7-5-6-8-12(11)22-15/h5-8H,3-4,9-10H2,1-2H3,(H,16,20)(H,17,18,21). The quantitative estimate of drug-likeness (QED) is 0.794. The number of nitrogens with one attached hydrogen (secondary N) is 2. The number of hydrogen-bond acceptors (Lipinski definition) is 5. The van der Waals surface area contributed by atoms with Crippen LogP contribution in [0.2, 0.25) is 0 Å². The number of benzene rings is 1. The number of likely N-dealkylation sites (N-methyl/N-ethyl adjacent to an activating group) is 1. The van der Waals surface area contributed by atoms with Crippen LogP contribution >= 0.6 is 11.3 Å². The Balaban J connectivity index is 1.84. The van der Waals surface area contributed by atoms with Gasteiger partial charge in [-0.1, -0.05) is 37.3 Å². The van der Waals surface area contributed by atoms with Crippen molar-refractivity contribution < 1.29 is 9.59 Å². The fraction of sp³-hybridized carbons (Fsp3) is 0.400. The van der Waals surface area contributed by atoms with Crippen molar-refractivity contribution in [2.75, 3.05) is 31.5 Å². The SMILES string of the molecule is CCN(CC)CCNC(=O)C(=O)Nc1nc2ccccc2s1. The number of fused-ring (bicyclic) bond motifs is 1. The van der Waals surface area contributed by atoms with Crippen molar-refractivity contribution in [3.63, 3.8) is 0 Å². The van der Waals surface area contributed by atoms with Crippen molar-refractivity contribution >= 4 is 38.5 Å². The summed E-state index contributed by atoms with van der Waals surface area (Å²) in [4.78, 5) is 30.0. The number of rotatable bonds is 6. The van der Waals surface area contributed by atoms with Gasteiger partial charge in [-0.15, -0.1) is 0 Å². The zero-order chi connectivity index (χ0) is 15.9. The van der Waals surface area contributed by atoms with E-state index in [4.69, 9.17) is 0 Å². The molecule has 0 fully saturated rings. The van der Waals surface area contributed by atoms with Gasteiger partial charge in [0.1, 0.15) is 0 Å². The van der Waals surface area contributed by atoms with Gasteiger partial charge in [-0.2, -0.15) is 0 Å². The summed E-state index contributed by atoms with van der Waals surface area (Å²) in [6.45, 7) is 7.14. The van der Waals surface area contributed by atoms with E-state index >= 15 is 0 Å². The van der Waals surface area contributed by atoms with Crippen LogP contribution in [0.4, 0.5) is 5.13 Å². The highest BCUT2D eigenvalue weighted by molar-refractivity contribution is 7.22. The molecular formula is C15H20N4O2S. The molecule has 1 aromatic heterocycles. The van der Waals surface area contributed by atoms with Crippen molar-refractivity contribution in [2.45, 2.75) is 13.8 Å². The topological polar surface area (TPSA) is 74.3 Å². The lowest BCUT2D eigenvalue weighted by Gasteiger charge is -2.17. The number of aromatic nitrogens is 1. The molecule has 0 saturated carbocycles. The van der Waals surface area contributed by atoms with Crippen molar-refractivity contribution in [3.05, 3.63) is 24.3 Å². The lowest BCUT2D eigenvalue weighted by molar-refractivity contribution is -0.136. The lowest BCUT2D eigenvalue weighted by atomic mass is 10.3. The van der Waals surface area contributed by atoms with Gasteiger partial charge in [0.25, 0.3) is 0 Å². The predicted molar refractivity (Wildman–Crippen MR) is 89.0 cm³/mol. The molecule has 0 aliphatic rings. The average Bonchev–Trinajstić information content (AvgIpc) is 2.93. The number of nitrogens with zero attached hydrogens (tertiary/aromatic N) is 2. The van der Waals surface area contributed by atoms with E-state index in [-0.39, 0.29) is 0 Å². The molecule has 1 aromatic carbocycles. The van der Waals surface area contributed by atoms with Crippen LogP contribution in [0, 0.1) is 0 Å². The molecule has 118 valence electrons.